The number of para-hydroxylation sites is 1. The van der Waals surface area contributed by atoms with E-state index in [1.165, 1.54) is 0 Å². The molecule has 6 nitrogen and oxygen atoms in total. The van der Waals surface area contributed by atoms with Gasteiger partial charge >= 0.3 is 0 Å². The van der Waals surface area contributed by atoms with E-state index in [0.717, 1.165) is 55.3 Å². The van der Waals surface area contributed by atoms with Gasteiger partial charge in [0.25, 0.3) is 0 Å². The van der Waals surface area contributed by atoms with Crippen LogP contribution in [0.4, 0.5) is 11.4 Å². The first-order chi connectivity index (χ1) is 15.4. The summed E-state index contributed by atoms with van der Waals surface area (Å²) in [6, 6.07) is 15.7. The number of primary amides is 1. The third-order valence-corrected chi connectivity index (χ3v) is 7.30. The lowest BCUT2D eigenvalue weighted by Gasteiger charge is -2.34. The molecule has 2 aromatic rings. The predicted octanol–water partition coefficient (Wildman–Crippen LogP) is 3.52. The highest BCUT2D eigenvalue weighted by Gasteiger charge is 2.41. The van der Waals surface area contributed by atoms with Gasteiger partial charge in [0.15, 0.2) is 0 Å². The average molecular weight is 435 g/mol. The number of amides is 2. The molecule has 4 rings (SSSR count). The van der Waals surface area contributed by atoms with Crippen molar-refractivity contribution in [1.82, 2.24) is 0 Å². The van der Waals surface area contributed by atoms with Gasteiger partial charge < -0.3 is 22.1 Å². The molecule has 170 valence electrons. The molecule has 1 unspecified atom stereocenters. The normalized spacial score (nSPS) is 25.8. The standard InChI is InChI=1S/C26H34N4O2/c27-22-10-8-19(9-11-22)17-30-23-7-2-1-5-20(23)13-15-26(29,25(30)32)14-12-18-4-3-6-21(16-18)24(28)31/h1-2,5,7-11,18,21H,3-4,6,12-17,27,29H2,(H2,28,31)/t18?,21-,26-/m0/s1. The lowest BCUT2D eigenvalue weighted by molar-refractivity contribution is -0.125. The van der Waals surface area contributed by atoms with E-state index in [4.69, 9.17) is 17.2 Å². The van der Waals surface area contributed by atoms with E-state index in [0.29, 0.717) is 31.0 Å². The molecule has 1 heterocycles. The van der Waals surface area contributed by atoms with E-state index >= 15 is 0 Å². The number of nitrogens with zero attached hydrogens (tertiary/aromatic N) is 1. The summed E-state index contributed by atoms with van der Waals surface area (Å²) in [6.07, 6.45) is 6.63. The van der Waals surface area contributed by atoms with Crippen molar-refractivity contribution >= 4 is 23.2 Å². The Hall–Kier alpha value is -2.86. The third kappa shape index (κ3) is 4.80. The van der Waals surface area contributed by atoms with Gasteiger partial charge in [0.1, 0.15) is 0 Å². The zero-order valence-corrected chi connectivity index (χ0v) is 18.6. The number of fused-ring (bicyclic) bond motifs is 1. The summed E-state index contributed by atoms with van der Waals surface area (Å²) < 4.78 is 0. The molecule has 1 fully saturated rings. The molecule has 0 bridgehead atoms. The molecule has 6 N–H and O–H groups in total. The zero-order valence-electron chi connectivity index (χ0n) is 18.6. The van der Waals surface area contributed by atoms with Crippen molar-refractivity contribution in [2.24, 2.45) is 23.3 Å². The number of rotatable bonds is 6. The van der Waals surface area contributed by atoms with Gasteiger partial charge in [0, 0.05) is 17.3 Å². The lowest BCUT2D eigenvalue weighted by atomic mass is 9.76. The van der Waals surface area contributed by atoms with Crippen molar-refractivity contribution in [3.05, 3.63) is 59.7 Å². The third-order valence-electron chi connectivity index (χ3n) is 7.30. The second-order valence-corrected chi connectivity index (χ2v) is 9.59. The Morgan fingerprint density at radius 2 is 1.84 bits per heavy atom. The maximum atomic E-state index is 13.8. The van der Waals surface area contributed by atoms with Crippen molar-refractivity contribution in [3.8, 4) is 0 Å². The van der Waals surface area contributed by atoms with Crippen LogP contribution in [0.25, 0.3) is 0 Å². The first-order valence-electron chi connectivity index (χ1n) is 11.7. The Labute approximate surface area is 190 Å². The second-order valence-electron chi connectivity index (χ2n) is 9.59. The van der Waals surface area contributed by atoms with Crippen molar-refractivity contribution in [2.75, 3.05) is 10.6 Å². The van der Waals surface area contributed by atoms with Crippen LogP contribution in [0.5, 0.6) is 0 Å². The van der Waals surface area contributed by atoms with Gasteiger partial charge in [-0.15, -0.1) is 0 Å². The van der Waals surface area contributed by atoms with E-state index in [1.54, 1.807) is 0 Å². The molecular formula is C26H34N4O2. The molecule has 0 spiro atoms. The van der Waals surface area contributed by atoms with Crippen LogP contribution >= 0.6 is 0 Å². The minimum absolute atomic E-state index is 0.0264. The first-order valence-corrected chi connectivity index (χ1v) is 11.7. The smallest absolute Gasteiger partial charge is 0.247 e. The average Bonchev–Trinajstić information content (AvgIpc) is 2.90. The topological polar surface area (TPSA) is 115 Å². The molecule has 0 saturated heterocycles. The fourth-order valence-electron chi connectivity index (χ4n) is 5.30. The largest absolute Gasteiger partial charge is 0.399 e. The molecule has 2 aliphatic rings. The summed E-state index contributed by atoms with van der Waals surface area (Å²) in [5.74, 6) is 0.124. The Morgan fingerprint density at radius 1 is 1.09 bits per heavy atom. The van der Waals surface area contributed by atoms with Crippen LogP contribution in [0.3, 0.4) is 0 Å². The number of carbonyl (C=O) groups is 2. The molecule has 1 aliphatic heterocycles. The summed E-state index contributed by atoms with van der Waals surface area (Å²) in [4.78, 5) is 27.4. The fourth-order valence-corrected chi connectivity index (χ4v) is 5.30. The summed E-state index contributed by atoms with van der Waals surface area (Å²) in [5.41, 5.74) is 21.1. The van der Waals surface area contributed by atoms with Crippen molar-refractivity contribution < 1.29 is 9.59 Å². The molecule has 0 aromatic heterocycles. The van der Waals surface area contributed by atoms with Crippen LogP contribution in [0.2, 0.25) is 0 Å². The maximum absolute atomic E-state index is 13.8. The number of aryl methyl sites for hydroxylation is 1. The minimum Gasteiger partial charge on any atom is -0.399 e. The summed E-state index contributed by atoms with van der Waals surface area (Å²) in [7, 11) is 0. The predicted molar refractivity (Wildman–Crippen MR) is 128 cm³/mol. The van der Waals surface area contributed by atoms with Crippen molar-refractivity contribution in [1.29, 1.82) is 0 Å². The van der Waals surface area contributed by atoms with E-state index in [2.05, 4.69) is 6.07 Å². The van der Waals surface area contributed by atoms with E-state index in [-0.39, 0.29) is 17.7 Å². The molecule has 2 aromatic carbocycles. The highest BCUT2D eigenvalue weighted by Crippen LogP contribution is 2.37. The van der Waals surface area contributed by atoms with Crippen LogP contribution < -0.4 is 22.1 Å². The van der Waals surface area contributed by atoms with Crippen LogP contribution in [0.1, 0.15) is 56.1 Å². The van der Waals surface area contributed by atoms with Gasteiger partial charge in [0.05, 0.1) is 12.1 Å². The van der Waals surface area contributed by atoms with Gasteiger partial charge in [-0.2, -0.15) is 0 Å². The first kappa shape index (κ1) is 22.3. The number of anilines is 2. The van der Waals surface area contributed by atoms with Crippen LogP contribution in [-0.4, -0.2) is 17.4 Å². The SMILES string of the molecule is NC(=O)[C@H]1CCCC(CC[C@]2(N)CCc3ccccc3N(Cc3ccc(N)cc3)C2=O)C1. The van der Waals surface area contributed by atoms with Crippen molar-refractivity contribution in [3.63, 3.8) is 0 Å². The van der Waals surface area contributed by atoms with E-state index in [9.17, 15) is 9.59 Å². The summed E-state index contributed by atoms with van der Waals surface area (Å²) >= 11 is 0. The number of nitrogens with two attached hydrogens (primary N) is 3. The molecule has 2 amide bonds. The van der Waals surface area contributed by atoms with Crippen LogP contribution in [0.15, 0.2) is 48.5 Å². The van der Waals surface area contributed by atoms with Gasteiger partial charge in [-0.05, 0) is 73.8 Å². The summed E-state index contributed by atoms with van der Waals surface area (Å²) in [5, 5.41) is 0. The number of benzene rings is 2. The quantitative estimate of drug-likeness (QED) is 0.603. The fraction of sp³-hybridized carbons (Fsp3) is 0.462. The number of carbonyl (C=O) groups excluding carboxylic acids is 2. The molecule has 3 atom stereocenters. The monoisotopic (exact) mass is 434 g/mol. The number of hydrogen-bond acceptors (Lipinski definition) is 4. The van der Waals surface area contributed by atoms with Crippen LogP contribution in [0, 0.1) is 11.8 Å². The molecule has 1 saturated carbocycles. The highest BCUT2D eigenvalue weighted by molar-refractivity contribution is 6.01. The number of nitrogen functional groups attached to an aromatic ring is 1. The molecule has 0 radical (unpaired) electrons. The molecular weight excluding hydrogens is 400 g/mol. The minimum atomic E-state index is -0.924. The number of hydrogen-bond donors (Lipinski definition) is 3. The highest BCUT2D eigenvalue weighted by atomic mass is 16.2. The Kier molecular flexibility index (Phi) is 6.51. The maximum Gasteiger partial charge on any atom is 0.247 e. The Morgan fingerprint density at radius 3 is 2.59 bits per heavy atom. The summed E-state index contributed by atoms with van der Waals surface area (Å²) in [6.45, 7) is 0.461. The van der Waals surface area contributed by atoms with Gasteiger partial charge in [-0.1, -0.05) is 43.2 Å². The van der Waals surface area contributed by atoms with Gasteiger partial charge in [-0.25, -0.2) is 0 Å². The molecule has 1 aliphatic carbocycles. The van der Waals surface area contributed by atoms with E-state index in [1.807, 2.05) is 47.4 Å². The lowest BCUT2D eigenvalue weighted by Crippen LogP contribution is -2.55. The second kappa shape index (κ2) is 9.33. The Balaban J connectivity index is 1.54. The van der Waals surface area contributed by atoms with Gasteiger partial charge in [0.2, 0.25) is 11.8 Å². The molecule has 32 heavy (non-hydrogen) atoms. The van der Waals surface area contributed by atoms with Crippen LogP contribution in [-0.2, 0) is 22.6 Å². The van der Waals surface area contributed by atoms with E-state index < -0.39 is 5.54 Å². The zero-order chi connectivity index (χ0) is 22.7. The molecule has 6 heteroatoms. The van der Waals surface area contributed by atoms with Gasteiger partial charge in [-0.3, -0.25) is 9.59 Å². The van der Waals surface area contributed by atoms with Crippen molar-refractivity contribution in [2.45, 2.75) is 63.5 Å². The Bertz CT molecular complexity index is 974.